The first kappa shape index (κ1) is 9.17. The van der Waals surface area contributed by atoms with E-state index in [9.17, 15) is 0 Å². The van der Waals surface area contributed by atoms with Gasteiger partial charge in [0.1, 0.15) is 0 Å². The highest BCUT2D eigenvalue weighted by Gasteiger charge is 2.53. The molecule has 2 aliphatic carbocycles. The van der Waals surface area contributed by atoms with Gasteiger partial charge in [-0.2, -0.15) is 0 Å². The largest absolute Gasteiger partial charge is 0.201 e. The number of rotatable bonds is 3. The van der Waals surface area contributed by atoms with Crippen molar-refractivity contribution >= 4 is 23.1 Å². The van der Waals surface area contributed by atoms with Crippen molar-refractivity contribution in [1.82, 2.24) is 4.37 Å². The second-order valence-electron chi connectivity index (χ2n) is 4.95. The summed E-state index contributed by atoms with van der Waals surface area (Å²) in [7, 11) is 0. The average Bonchev–Trinajstić information content (AvgIpc) is 2.68. The van der Waals surface area contributed by atoms with Crippen LogP contribution in [0.15, 0.2) is 12.3 Å². The van der Waals surface area contributed by atoms with Crippen LogP contribution in [-0.2, 0) is 6.42 Å². The quantitative estimate of drug-likeness (QED) is 0.722. The van der Waals surface area contributed by atoms with Gasteiger partial charge in [-0.05, 0) is 60.5 Å². The van der Waals surface area contributed by atoms with Gasteiger partial charge >= 0.3 is 0 Å². The van der Waals surface area contributed by atoms with Gasteiger partial charge in [0.05, 0.1) is 0 Å². The molecule has 76 valence electrons. The molecule has 0 aromatic carbocycles. The molecule has 1 aromatic heterocycles. The third-order valence-corrected chi connectivity index (χ3v) is 5.09. The fraction of sp³-hybridized carbons (Fsp3) is 0.727. The van der Waals surface area contributed by atoms with E-state index in [1.807, 2.05) is 6.20 Å². The topological polar surface area (TPSA) is 12.9 Å². The van der Waals surface area contributed by atoms with E-state index in [0.717, 1.165) is 24.1 Å². The van der Waals surface area contributed by atoms with Crippen LogP contribution in [-0.4, -0.2) is 10.3 Å². The minimum absolute atomic E-state index is 0.418. The van der Waals surface area contributed by atoms with Crippen LogP contribution in [0.4, 0.5) is 0 Å². The molecule has 0 bridgehead atoms. The summed E-state index contributed by atoms with van der Waals surface area (Å²) >= 11 is 7.78. The van der Waals surface area contributed by atoms with E-state index >= 15 is 0 Å². The molecular formula is C11H14ClNS. The van der Waals surface area contributed by atoms with Crippen molar-refractivity contribution in [3.63, 3.8) is 0 Å². The van der Waals surface area contributed by atoms with Gasteiger partial charge in [0.2, 0.25) is 0 Å². The minimum atomic E-state index is 0.418. The molecule has 0 aliphatic heterocycles. The van der Waals surface area contributed by atoms with Crippen LogP contribution in [0.3, 0.4) is 0 Å². The lowest BCUT2D eigenvalue weighted by Gasteiger charge is -2.27. The number of halogens is 1. The molecule has 2 saturated carbocycles. The number of aromatic nitrogens is 1. The van der Waals surface area contributed by atoms with Crippen LogP contribution in [0, 0.1) is 17.3 Å². The summed E-state index contributed by atoms with van der Waals surface area (Å²) < 4.78 is 4.16. The average molecular weight is 228 g/mol. The Morgan fingerprint density at radius 3 is 2.86 bits per heavy atom. The molecule has 1 heterocycles. The molecule has 3 heteroatoms. The van der Waals surface area contributed by atoms with E-state index in [1.54, 1.807) is 11.5 Å². The van der Waals surface area contributed by atoms with E-state index < -0.39 is 0 Å². The standard InChI is InChI=1S/C11H14ClNS/c12-7-11(4-8-3-9(8)5-11)6-10-1-2-13-14-10/h1-2,8-9H,3-7H2. The van der Waals surface area contributed by atoms with Gasteiger partial charge in [-0.15, -0.1) is 11.6 Å². The van der Waals surface area contributed by atoms with E-state index in [4.69, 9.17) is 11.6 Å². The molecule has 2 unspecified atom stereocenters. The van der Waals surface area contributed by atoms with Gasteiger partial charge in [-0.25, -0.2) is 4.37 Å². The summed E-state index contributed by atoms with van der Waals surface area (Å²) in [6.45, 7) is 0. The Morgan fingerprint density at radius 2 is 2.29 bits per heavy atom. The fourth-order valence-corrected chi connectivity index (χ4v) is 4.07. The highest BCUT2D eigenvalue weighted by atomic mass is 35.5. The Bertz CT molecular complexity index is 312. The van der Waals surface area contributed by atoms with E-state index in [0.29, 0.717) is 5.41 Å². The zero-order valence-electron chi connectivity index (χ0n) is 8.08. The highest BCUT2D eigenvalue weighted by molar-refractivity contribution is 7.05. The molecule has 0 radical (unpaired) electrons. The molecule has 2 fully saturated rings. The van der Waals surface area contributed by atoms with Crippen molar-refractivity contribution in [2.75, 3.05) is 5.88 Å². The van der Waals surface area contributed by atoms with Crippen molar-refractivity contribution < 1.29 is 0 Å². The van der Waals surface area contributed by atoms with Crippen molar-refractivity contribution in [3.05, 3.63) is 17.1 Å². The summed E-state index contributed by atoms with van der Waals surface area (Å²) in [5.74, 6) is 2.86. The smallest absolute Gasteiger partial charge is 0.0409 e. The number of hydrogen-bond donors (Lipinski definition) is 0. The van der Waals surface area contributed by atoms with Crippen molar-refractivity contribution in [2.45, 2.75) is 25.7 Å². The molecule has 14 heavy (non-hydrogen) atoms. The number of fused-ring (bicyclic) bond motifs is 1. The third kappa shape index (κ3) is 1.49. The summed E-state index contributed by atoms with van der Waals surface area (Å²) in [5.41, 5.74) is 0.418. The van der Waals surface area contributed by atoms with Gasteiger partial charge in [0.25, 0.3) is 0 Å². The Balaban J connectivity index is 1.75. The van der Waals surface area contributed by atoms with Crippen molar-refractivity contribution in [3.8, 4) is 0 Å². The maximum absolute atomic E-state index is 6.15. The summed E-state index contributed by atoms with van der Waals surface area (Å²) in [6.07, 6.45) is 7.26. The van der Waals surface area contributed by atoms with Crippen LogP contribution in [0.5, 0.6) is 0 Å². The molecule has 3 rings (SSSR count). The molecule has 2 aliphatic rings. The summed E-state index contributed by atoms with van der Waals surface area (Å²) in [5, 5.41) is 0. The lowest BCUT2D eigenvalue weighted by Crippen LogP contribution is -2.23. The first-order valence-electron chi connectivity index (χ1n) is 5.27. The maximum atomic E-state index is 6.15. The fourth-order valence-electron chi connectivity index (χ4n) is 3.01. The predicted molar refractivity (Wildman–Crippen MR) is 59.8 cm³/mol. The zero-order valence-corrected chi connectivity index (χ0v) is 9.65. The van der Waals surface area contributed by atoms with Crippen LogP contribution in [0.25, 0.3) is 0 Å². The number of nitrogens with zero attached hydrogens (tertiary/aromatic N) is 1. The summed E-state index contributed by atoms with van der Waals surface area (Å²) in [4.78, 5) is 1.41. The number of hydrogen-bond acceptors (Lipinski definition) is 2. The van der Waals surface area contributed by atoms with Gasteiger partial charge < -0.3 is 0 Å². The first-order chi connectivity index (χ1) is 6.81. The third-order valence-electron chi connectivity index (χ3n) is 3.78. The molecule has 0 amide bonds. The highest BCUT2D eigenvalue weighted by Crippen LogP contribution is 2.61. The van der Waals surface area contributed by atoms with Crippen LogP contribution in [0.1, 0.15) is 24.1 Å². The zero-order chi connectivity index (χ0) is 9.60. The molecular weight excluding hydrogens is 214 g/mol. The van der Waals surface area contributed by atoms with Crippen molar-refractivity contribution in [2.24, 2.45) is 17.3 Å². The van der Waals surface area contributed by atoms with Crippen LogP contribution < -0.4 is 0 Å². The Morgan fingerprint density at radius 1 is 1.50 bits per heavy atom. The minimum Gasteiger partial charge on any atom is -0.201 e. The predicted octanol–water partition coefficient (Wildman–Crippen LogP) is 3.34. The SMILES string of the molecule is ClCC1(Cc2ccns2)CC2CC2C1. The number of alkyl halides is 1. The molecule has 1 aromatic rings. The maximum Gasteiger partial charge on any atom is 0.0409 e. The van der Waals surface area contributed by atoms with E-state index in [2.05, 4.69) is 10.4 Å². The monoisotopic (exact) mass is 227 g/mol. The van der Waals surface area contributed by atoms with Gasteiger partial charge in [0, 0.05) is 17.0 Å². The van der Waals surface area contributed by atoms with E-state index in [-0.39, 0.29) is 0 Å². The van der Waals surface area contributed by atoms with Crippen molar-refractivity contribution in [1.29, 1.82) is 0 Å². The molecule has 0 N–H and O–H groups in total. The Kier molecular flexibility index (Phi) is 2.10. The van der Waals surface area contributed by atoms with Crippen LogP contribution in [0.2, 0.25) is 0 Å². The van der Waals surface area contributed by atoms with E-state index in [1.165, 1.54) is 24.1 Å². The molecule has 2 atom stereocenters. The van der Waals surface area contributed by atoms with Gasteiger partial charge in [0.15, 0.2) is 0 Å². The Labute approximate surface area is 93.6 Å². The normalized spacial score (nSPS) is 39.8. The molecule has 1 nitrogen and oxygen atoms in total. The van der Waals surface area contributed by atoms with Gasteiger partial charge in [-0.1, -0.05) is 0 Å². The lowest BCUT2D eigenvalue weighted by molar-refractivity contribution is 0.305. The second kappa shape index (κ2) is 3.21. The lowest BCUT2D eigenvalue weighted by atomic mass is 9.81. The summed E-state index contributed by atoms with van der Waals surface area (Å²) in [6, 6.07) is 2.14. The van der Waals surface area contributed by atoms with Crippen LogP contribution >= 0.6 is 23.1 Å². The molecule has 0 spiro atoms. The second-order valence-corrected chi connectivity index (χ2v) is 6.14. The molecule has 0 saturated heterocycles. The first-order valence-corrected chi connectivity index (χ1v) is 6.58. The Hall–Kier alpha value is -0.0800. The van der Waals surface area contributed by atoms with Gasteiger partial charge in [-0.3, -0.25) is 0 Å².